The van der Waals surface area contributed by atoms with Gasteiger partial charge in [-0.1, -0.05) is 58.0 Å². The van der Waals surface area contributed by atoms with Gasteiger partial charge in [-0.15, -0.1) is 0 Å². The van der Waals surface area contributed by atoms with Gasteiger partial charge in [0.2, 0.25) is 23.6 Å². The smallest absolute Gasteiger partial charge is 0.322 e. The summed E-state index contributed by atoms with van der Waals surface area (Å²) in [5.74, 6) is -5.44. The topological polar surface area (TPSA) is 217 Å². The summed E-state index contributed by atoms with van der Waals surface area (Å²) < 4.78 is 0. The fraction of sp³-hybridized carbons (Fsp3) is 0.556. The Labute approximate surface area is 233 Å². The first-order chi connectivity index (χ1) is 18.7. The fourth-order valence-electron chi connectivity index (χ4n) is 3.86. The van der Waals surface area contributed by atoms with Crippen LogP contribution in [0, 0.1) is 11.8 Å². The van der Waals surface area contributed by atoms with Crippen LogP contribution in [0.5, 0.6) is 0 Å². The highest BCUT2D eigenvalue weighted by molar-refractivity contribution is 5.95. The monoisotopic (exact) mass is 563 g/mol. The molecule has 0 radical (unpaired) electrons. The molecular weight excluding hydrogens is 522 g/mol. The highest BCUT2D eigenvalue weighted by Gasteiger charge is 2.31. The van der Waals surface area contributed by atoms with Crippen molar-refractivity contribution in [2.24, 2.45) is 17.6 Å². The molecule has 0 heterocycles. The van der Waals surface area contributed by atoms with Crippen LogP contribution < -0.4 is 27.0 Å². The van der Waals surface area contributed by atoms with E-state index in [1.807, 2.05) is 27.7 Å². The first-order valence-electron chi connectivity index (χ1n) is 13.1. The molecular formula is C27H41N5O8. The molecule has 13 heteroatoms. The first kappa shape index (κ1) is 34.0. The van der Waals surface area contributed by atoms with E-state index in [4.69, 9.17) is 15.9 Å². The third kappa shape index (κ3) is 13.2. The molecule has 0 aromatic heterocycles. The van der Waals surface area contributed by atoms with Crippen LogP contribution in [0.1, 0.15) is 52.5 Å². The molecule has 1 aromatic rings. The zero-order chi connectivity index (χ0) is 30.4. The number of hydrogen-bond acceptors (Lipinski definition) is 7. The minimum absolute atomic E-state index is 0.0244. The predicted molar refractivity (Wildman–Crippen MR) is 146 cm³/mol. The predicted octanol–water partition coefficient (Wildman–Crippen LogP) is -0.221. The van der Waals surface area contributed by atoms with Gasteiger partial charge in [0, 0.05) is 6.42 Å². The number of carboxylic acid groups (broad SMARTS) is 2. The van der Waals surface area contributed by atoms with E-state index in [1.54, 1.807) is 30.3 Å². The molecule has 0 spiro atoms. The number of carbonyl (C=O) groups excluding carboxylic acids is 4. The molecule has 8 N–H and O–H groups in total. The number of nitrogens with one attached hydrogen (secondary N) is 4. The van der Waals surface area contributed by atoms with Crippen LogP contribution in [-0.2, 0) is 35.2 Å². The van der Waals surface area contributed by atoms with Crippen molar-refractivity contribution in [3.63, 3.8) is 0 Å². The lowest BCUT2D eigenvalue weighted by molar-refractivity contribution is -0.140. The quantitative estimate of drug-likeness (QED) is 0.133. The van der Waals surface area contributed by atoms with Gasteiger partial charge < -0.3 is 37.2 Å². The van der Waals surface area contributed by atoms with Crippen molar-refractivity contribution in [1.82, 2.24) is 21.3 Å². The van der Waals surface area contributed by atoms with Crippen LogP contribution in [0.2, 0.25) is 0 Å². The summed E-state index contributed by atoms with van der Waals surface area (Å²) in [7, 11) is 0. The van der Waals surface area contributed by atoms with E-state index in [-0.39, 0.29) is 31.1 Å². The highest BCUT2D eigenvalue weighted by atomic mass is 16.4. The van der Waals surface area contributed by atoms with E-state index >= 15 is 0 Å². The molecule has 1 rings (SSSR count). The molecule has 13 nitrogen and oxygen atoms in total. The van der Waals surface area contributed by atoms with Crippen molar-refractivity contribution in [3.05, 3.63) is 35.9 Å². The van der Waals surface area contributed by atoms with Gasteiger partial charge in [-0.25, -0.2) is 0 Å². The van der Waals surface area contributed by atoms with Gasteiger partial charge in [0.1, 0.15) is 24.7 Å². The van der Waals surface area contributed by atoms with Crippen LogP contribution in [0.4, 0.5) is 0 Å². The molecule has 0 saturated carbocycles. The lowest BCUT2D eigenvalue weighted by Gasteiger charge is -2.27. The molecule has 4 amide bonds. The van der Waals surface area contributed by atoms with E-state index in [0.29, 0.717) is 5.56 Å². The minimum Gasteiger partial charge on any atom is -0.481 e. The first-order valence-corrected chi connectivity index (χ1v) is 13.1. The second-order valence-electron chi connectivity index (χ2n) is 10.4. The van der Waals surface area contributed by atoms with E-state index < -0.39 is 72.7 Å². The minimum atomic E-state index is -1.37. The summed E-state index contributed by atoms with van der Waals surface area (Å²) >= 11 is 0. The molecule has 0 aliphatic carbocycles. The Hall–Kier alpha value is -4.00. The van der Waals surface area contributed by atoms with Crippen molar-refractivity contribution in [2.75, 3.05) is 6.54 Å². The van der Waals surface area contributed by atoms with Crippen LogP contribution in [-0.4, -0.2) is 76.5 Å². The lowest BCUT2D eigenvalue weighted by Crippen LogP contribution is -2.58. The normalized spacial score (nSPS) is 14.0. The van der Waals surface area contributed by atoms with Gasteiger partial charge in [0.15, 0.2) is 0 Å². The Morgan fingerprint density at radius 3 is 1.68 bits per heavy atom. The summed E-state index contributed by atoms with van der Waals surface area (Å²) in [6, 6.07) is 4.15. The largest absolute Gasteiger partial charge is 0.481 e. The van der Waals surface area contributed by atoms with Gasteiger partial charge >= 0.3 is 11.9 Å². The maximum Gasteiger partial charge on any atom is 0.322 e. The van der Waals surface area contributed by atoms with Crippen molar-refractivity contribution >= 4 is 35.6 Å². The Morgan fingerprint density at radius 2 is 1.18 bits per heavy atom. The molecule has 0 aliphatic rings. The van der Waals surface area contributed by atoms with Gasteiger partial charge in [-0.3, -0.25) is 28.8 Å². The SMILES string of the molecule is CC(C)C[C@H](NC(=O)[C@H](Cc1ccccc1)NC(=O)[C@H](CC(C)C)NC(=O)[C@@H](N)CC(=O)O)C(=O)NCC(=O)O. The summed E-state index contributed by atoms with van der Waals surface area (Å²) in [6.07, 6.45) is -0.159. The van der Waals surface area contributed by atoms with E-state index in [1.165, 1.54) is 0 Å². The van der Waals surface area contributed by atoms with Gasteiger partial charge in [-0.05, 0) is 30.2 Å². The summed E-state index contributed by atoms with van der Waals surface area (Å²) in [4.78, 5) is 73.7. The molecule has 0 fully saturated rings. The Bertz CT molecular complexity index is 1030. The Kier molecular flexibility index (Phi) is 14.3. The number of hydrogen-bond donors (Lipinski definition) is 7. The highest BCUT2D eigenvalue weighted by Crippen LogP contribution is 2.10. The summed E-state index contributed by atoms with van der Waals surface area (Å²) in [6.45, 7) is 6.70. The molecule has 1 aromatic carbocycles. The fourth-order valence-corrected chi connectivity index (χ4v) is 3.86. The Morgan fingerprint density at radius 1 is 0.700 bits per heavy atom. The van der Waals surface area contributed by atoms with Gasteiger partial charge in [-0.2, -0.15) is 0 Å². The van der Waals surface area contributed by atoms with Crippen molar-refractivity contribution < 1.29 is 39.0 Å². The van der Waals surface area contributed by atoms with E-state index in [2.05, 4.69) is 21.3 Å². The third-order valence-corrected chi connectivity index (χ3v) is 5.74. The number of carboxylic acids is 2. The maximum absolute atomic E-state index is 13.4. The molecule has 0 saturated heterocycles. The number of aliphatic carboxylic acids is 2. The van der Waals surface area contributed by atoms with Gasteiger partial charge in [0.05, 0.1) is 12.5 Å². The number of amides is 4. The van der Waals surface area contributed by atoms with Crippen LogP contribution in [0.15, 0.2) is 30.3 Å². The van der Waals surface area contributed by atoms with E-state index in [9.17, 15) is 28.8 Å². The molecule has 0 bridgehead atoms. The molecule has 0 aliphatic heterocycles. The molecule has 4 atom stereocenters. The average molecular weight is 564 g/mol. The van der Waals surface area contributed by atoms with Crippen molar-refractivity contribution in [3.8, 4) is 0 Å². The number of benzene rings is 1. The standard InChI is InChI=1S/C27H41N5O8/c1-15(2)10-19(25(38)29-14-23(35)36)31-27(40)21(12-17-8-6-5-7-9-17)32-26(39)20(11-16(3)4)30-24(37)18(28)13-22(33)34/h5-9,15-16,18-21H,10-14,28H2,1-4H3,(H,29,38)(H,30,37)(H,31,40)(H,32,39)(H,33,34)(H,35,36)/t18-,19-,20-,21-/m0/s1. The average Bonchev–Trinajstić information content (AvgIpc) is 2.85. The van der Waals surface area contributed by atoms with Crippen molar-refractivity contribution in [2.45, 2.75) is 77.5 Å². The van der Waals surface area contributed by atoms with Gasteiger partial charge in [0.25, 0.3) is 0 Å². The zero-order valence-electron chi connectivity index (χ0n) is 23.3. The molecule has 222 valence electrons. The summed E-state index contributed by atoms with van der Waals surface area (Å²) in [5, 5.41) is 27.9. The second kappa shape index (κ2) is 16.9. The summed E-state index contributed by atoms with van der Waals surface area (Å²) in [5.41, 5.74) is 6.37. The van der Waals surface area contributed by atoms with Crippen LogP contribution in [0.3, 0.4) is 0 Å². The Balaban J connectivity index is 3.19. The van der Waals surface area contributed by atoms with Crippen LogP contribution in [0.25, 0.3) is 0 Å². The molecule has 0 unspecified atom stereocenters. The third-order valence-electron chi connectivity index (χ3n) is 5.74. The van der Waals surface area contributed by atoms with Crippen LogP contribution >= 0.6 is 0 Å². The number of carbonyl (C=O) groups is 6. The number of rotatable bonds is 17. The van der Waals surface area contributed by atoms with E-state index in [0.717, 1.165) is 0 Å². The number of nitrogens with two attached hydrogens (primary N) is 1. The second-order valence-corrected chi connectivity index (χ2v) is 10.4. The zero-order valence-corrected chi connectivity index (χ0v) is 23.3. The maximum atomic E-state index is 13.4. The van der Waals surface area contributed by atoms with Crippen molar-refractivity contribution in [1.29, 1.82) is 0 Å². The molecule has 40 heavy (non-hydrogen) atoms. The lowest BCUT2D eigenvalue weighted by atomic mass is 9.99.